The van der Waals surface area contributed by atoms with Crippen molar-refractivity contribution in [3.63, 3.8) is 0 Å². The Bertz CT molecular complexity index is 925. The van der Waals surface area contributed by atoms with E-state index in [1.807, 2.05) is 36.5 Å². The normalized spacial score (nSPS) is 15.4. The Kier molecular flexibility index (Phi) is 5.32. The summed E-state index contributed by atoms with van der Waals surface area (Å²) in [5.41, 5.74) is 4.56. The monoisotopic (exact) mass is 399 g/mol. The number of anilines is 1. The van der Waals surface area contributed by atoms with E-state index in [4.69, 9.17) is 16.3 Å². The Labute approximate surface area is 169 Å². The highest BCUT2D eigenvalue weighted by molar-refractivity contribution is 8.00. The zero-order valence-electron chi connectivity index (χ0n) is 15.4. The Morgan fingerprint density at radius 2 is 2.04 bits per heavy atom. The van der Waals surface area contributed by atoms with Crippen LogP contribution in [0.1, 0.15) is 38.3 Å². The van der Waals surface area contributed by atoms with Crippen LogP contribution in [0.15, 0.2) is 53.6 Å². The van der Waals surface area contributed by atoms with Gasteiger partial charge in [0.2, 0.25) is 0 Å². The standard InChI is InChI=1S/C21H22ClN3OS/c1-3-4-11-26-16-7-10-18-20(12-16)25(14(2)19-13-23-24-21(18)19)27-17-8-5-15(22)6-9-17/h5-10,12-14H,3-4,11H2,1-2H3,(H,23,24). The molecule has 3 aromatic rings. The molecule has 27 heavy (non-hydrogen) atoms. The number of hydrogen-bond donors (Lipinski definition) is 1. The van der Waals surface area contributed by atoms with Crippen LogP contribution in [0.5, 0.6) is 5.75 Å². The van der Waals surface area contributed by atoms with E-state index in [0.717, 1.165) is 52.1 Å². The number of nitrogens with one attached hydrogen (secondary N) is 1. The van der Waals surface area contributed by atoms with Crippen LogP contribution in [0.3, 0.4) is 0 Å². The van der Waals surface area contributed by atoms with Crippen LogP contribution in [0.25, 0.3) is 11.3 Å². The molecule has 1 aliphatic rings. The van der Waals surface area contributed by atoms with Gasteiger partial charge in [0.15, 0.2) is 0 Å². The third-order valence-electron chi connectivity index (χ3n) is 4.73. The number of unbranched alkanes of at least 4 members (excludes halogenated alkanes) is 1. The van der Waals surface area contributed by atoms with Gasteiger partial charge in [-0.25, -0.2) is 0 Å². The molecular weight excluding hydrogens is 378 g/mol. The molecule has 4 rings (SSSR count). The van der Waals surface area contributed by atoms with Crippen LogP contribution in [-0.4, -0.2) is 16.8 Å². The number of halogens is 1. The molecule has 0 spiro atoms. The Balaban J connectivity index is 1.71. The Morgan fingerprint density at radius 1 is 1.22 bits per heavy atom. The lowest BCUT2D eigenvalue weighted by Gasteiger charge is -2.35. The molecule has 0 aliphatic carbocycles. The van der Waals surface area contributed by atoms with Gasteiger partial charge in [0.05, 0.1) is 30.2 Å². The van der Waals surface area contributed by atoms with Crippen molar-refractivity contribution < 1.29 is 4.74 Å². The van der Waals surface area contributed by atoms with Gasteiger partial charge in [-0.2, -0.15) is 5.10 Å². The highest BCUT2D eigenvalue weighted by Gasteiger charge is 2.31. The lowest BCUT2D eigenvalue weighted by molar-refractivity contribution is 0.309. The van der Waals surface area contributed by atoms with E-state index in [1.165, 1.54) is 5.56 Å². The van der Waals surface area contributed by atoms with Crippen molar-refractivity contribution in [1.29, 1.82) is 0 Å². The van der Waals surface area contributed by atoms with Crippen molar-refractivity contribution >= 4 is 29.2 Å². The summed E-state index contributed by atoms with van der Waals surface area (Å²) in [6.45, 7) is 5.11. The second-order valence-corrected chi connectivity index (χ2v) is 8.11. The Morgan fingerprint density at radius 3 is 2.81 bits per heavy atom. The van der Waals surface area contributed by atoms with Crippen molar-refractivity contribution in [2.75, 3.05) is 10.9 Å². The van der Waals surface area contributed by atoms with Crippen LogP contribution in [0.4, 0.5) is 5.69 Å². The predicted molar refractivity (Wildman–Crippen MR) is 113 cm³/mol. The van der Waals surface area contributed by atoms with Gasteiger partial charge in [-0.1, -0.05) is 24.9 Å². The number of rotatable bonds is 6. The molecule has 0 amide bonds. The van der Waals surface area contributed by atoms with E-state index in [9.17, 15) is 0 Å². The van der Waals surface area contributed by atoms with Gasteiger partial charge in [0.1, 0.15) is 5.75 Å². The van der Waals surface area contributed by atoms with Crippen molar-refractivity contribution in [3.05, 3.63) is 59.2 Å². The van der Waals surface area contributed by atoms with Crippen LogP contribution >= 0.6 is 23.5 Å². The lowest BCUT2D eigenvalue weighted by atomic mass is 9.97. The van der Waals surface area contributed by atoms with Crippen LogP contribution in [0.2, 0.25) is 5.02 Å². The van der Waals surface area contributed by atoms with Gasteiger partial charge in [-0.05, 0) is 61.7 Å². The van der Waals surface area contributed by atoms with E-state index in [0.29, 0.717) is 0 Å². The van der Waals surface area contributed by atoms with E-state index in [1.54, 1.807) is 11.9 Å². The summed E-state index contributed by atoms with van der Waals surface area (Å²) < 4.78 is 8.27. The van der Waals surface area contributed by atoms with Crippen molar-refractivity contribution in [1.82, 2.24) is 10.2 Å². The second-order valence-electron chi connectivity index (χ2n) is 6.63. The average Bonchev–Trinajstić information content (AvgIpc) is 3.17. The summed E-state index contributed by atoms with van der Waals surface area (Å²) in [5, 5.41) is 8.19. The molecule has 4 nitrogen and oxygen atoms in total. The molecule has 0 radical (unpaired) electrons. The number of ether oxygens (including phenoxy) is 1. The number of benzene rings is 2. The fourth-order valence-electron chi connectivity index (χ4n) is 3.23. The maximum atomic E-state index is 6.05. The zero-order valence-corrected chi connectivity index (χ0v) is 17.0. The minimum Gasteiger partial charge on any atom is -0.494 e. The largest absolute Gasteiger partial charge is 0.494 e. The third-order valence-corrected chi connectivity index (χ3v) is 6.18. The van der Waals surface area contributed by atoms with E-state index in [-0.39, 0.29) is 6.04 Å². The number of nitrogens with zero attached hydrogens (tertiary/aromatic N) is 2. The SMILES string of the molecule is CCCCOc1ccc2c(c1)N(Sc1ccc(Cl)cc1)C(C)c1cn[nH]c1-2. The first-order valence-corrected chi connectivity index (χ1v) is 10.4. The summed E-state index contributed by atoms with van der Waals surface area (Å²) in [6.07, 6.45) is 4.10. The lowest BCUT2D eigenvalue weighted by Crippen LogP contribution is -2.23. The van der Waals surface area contributed by atoms with E-state index < -0.39 is 0 Å². The Hall–Kier alpha value is -2.11. The first kappa shape index (κ1) is 18.3. The van der Waals surface area contributed by atoms with Gasteiger partial charge in [0, 0.05) is 27.1 Å². The smallest absolute Gasteiger partial charge is 0.121 e. The predicted octanol–water partition coefficient (Wildman–Crippen LogP) is 6.50. The minimum atomic E-state index is 0.179. The fraction of sp³-hybridized carbons (Fsp3) is 0.286. The number of H-pyrrole nitrogens is 1. The molecule has 0 bridgehead atoms. The molecule has 1 aromatic heterocycles. The number of aromatic amines is 1. The minimum absolute atomic E-state index is 0.179. The average molecular weight is 400 g/mol. The van der Waals surface area contributed by atoms with Gasteiger partial charge >= 0.3 is 0 Å². The first-order chi connectivity index (χ1) is 13.2. The van der Waals surface area contributed by atoms with Crippen LogP contribution in [0, 0.1) is 0 Å². The molecule has 0 saturated heterocycles. The molecule has 0 fully saturated rings. The van der Waals surface area contributed by atoms with Crippen LogP contribution in [-0.2, 0) is 0 Å². The molecule has 1 atom stereocenters. The summed E-state index contributed by atoms with van der Waals surface area (Å²) >= 11 is 7.75. The zero-order chi connectivity index (χ0) is 18.8. The molecule has 1 aliphatic heterocycles. The molecule has 2 heterocycles. The summed E-state index contributed by atoms with van der Waals surface area (Å²) in [4.78, 5) is 1.14. The molecule has 1 N–H and O–H groups in total. The summed E-state index contributed by atoms with van der Waals surface area (Å²) in [6, 6.07) is 14.4. The van der Waals surface area contributed by atoms with Crippen LogP contribution < -0.4 is 9.04 Å². The molecule has 6 heteroatoms. The van der Waals surface area contributed by atoms with Gasteiger partial charge in [0.25, 0.3) is 0 Å². The topological polar surface area (TPSA) is 41.1 Å². The van der Waals surface area contributed by atoms with Gasteiger partial charge < -0.3 is 9.04 Å². The molecule has 140 valence electrons. The fourth-order valence-corrected chi connectivity index (χ4v) is 4.36. The first-order valence-electron chi connectivity index (χ1n) is 9.20. The van der Waals surface area contributed by atoms with Gasteiger partial charge in [-0.15, -0.1) is 0 Å². The summed E-state index contributed by atoms with van der Waals surface area (Å²) in [7, 11) is 0. The highest BCUT2D eigenvalue weighted by atomic mass is 35.5. The second kappa shape index (κ2) is 7.87. The highest BCUT2D eigenvalue weighted by Crippen LogP contribution is 2.49. The maximum Gasteiger partial charge on any atom is 0.121 e. The number of fused-ring (bicyclic) bond motifs is 3. The van der Waals surface area contributed by atoms with E-state index in [2.05, 4.69) is 40.5 Å². The molecule has 0 saturated carbocycles. The quantitative estimate of drug-likeness (QED) is 0.379. The van der Waals surface area contributed by atoms with Crippen molar-refractivity contribution in [2.45, 2.75) is 37.6 Å². The number of hydrogen-bond acceptors (Lipinski definition) is 4. The third kappa shape index (κ3) is 3.66. The van der Waals surface area contributed by atoms with E-state index >= 15 is 0 Å². The van der Waals surface area contributed by atoms with Gasteiger partial charge in [-0.3, -0.25) is 5.10 Å². The van der Waals surface area contributed by atoms with Crippen molar-refractivity contribution in [3.8, 4) is 17.0 Å². The maximum absolute atomic E-state index is 6.05. The molecule has 2 aromatic carbocycles. The molecular formula is C21H22ClN3OS. The molecule has 1 unspecified atom stereocenters. The summed E-state index contributed by atoms with van der Waals surface area (Å²) in [5.74, 6) is 0.902. The number of aromatic nitrogens is 2. The van der Waals surface area contributed by atoms with Crippen molar-refractivity contribution in [2.24, 2.45) is 0 Å².